The van der Waals surface area contributed by atoms with Crippen LogP contribution in [-0.4, -0.2) is 54.5 Å². The van der Waals surface area contributed by atoms with Gasteiger partial charge >= 0.3 is 11.9 Å². The summed E-state index contributed by atoms with van der Waals surface area (Å²) in [6, 6.07) is -1.56. The minimum Gasteiger partial charge on any atom is -0.480 e. The molecule has 0 saturated carbocycles. The van der Waals surface area contributed by atoms with E-state index in [4.69, 9.17) is 9.84 Å². The average Bonchev–Trinajstić information content (AvgIpc) is 2.25. The Morgan fingerprint density at radius 1 is 1.24 bits per heavy atom. The van der Waals surface area contributed by atoms with E-state index in [9.17, 15) is 18.0 Å². The van der Waals surface area contributed by atoms with E-state index in [0.717, 1.165) is 4.31 Å². The molecular formula is C12H24N2O6S. The van der Waals surface area contributed by atoms with Gasteiger partial charge < -0.3 is 9.84 Å². The summed E-state index contributed by atoms with van der Waals surface area (Å²) in [4.78, 5) is 22.8. The Kier molecular flexibility index (Phi) is 7.28. The first kappa shape index (κ1) is 19.8. The molecule has 2 N–H and O–H groups in total. The van der Waals surface area contributed by atoms with Crippen molar-refractivity contribution in [2.75, 3.05) is 13.1 Å². The minimum absolute atomic E-state index is 0.199. The number of aliphatic carboxylic acids is 1. The molecule has 0 aromatic rings. The number of carbonyl (C=O) groups is 2. The van der Waals surface area contributed by atoms with E-state index in [1.54, 1.807) is 34.6 Å². The lowest BCUT2D eigenvalue weighted by atomic mass is 10.2. The standard InChI is InChI=1S/C12H24N2O6S/c1-6-14(7-2)21(18,19)13-9(11(16)17)8-10(15)20-12(3,4)5/h9,13H,6-8H2,1-5H3,(H,16,17)/t9-/m0/s1. The molecule has 0 fully saturated rings. The minimum atomic E-state index is -3.96. The molecule has 0 aliphatic heterocycles. The van der Waals surface area contributed by atoms with E-state index in [1.807, 2.05) is 4.72 Å². The number of rotatable bonds is 8. The van der Waals surface area contributed by atoms with Crippen LogP contribution in [0, 0.1) is 0 Å². The molecule has 0 rings (SSSR count). The molecule has 8 nitrogen and oxygen atoms in total. The van der Waals surface area contributed by atoms with Gasteiger partial charge in [-0.25, -0.2) is 0 Å². The van der Waals surface area contributed by atoms with Gasteiger partial charge in [0.05, 0.1) is 6.42 Å². The molecule has 0 aliphatic rings. The van der Waals surface area contributed by atoms with E-state index in [0.29, 0.717) is 0 Å². The van der Waals surface area contributed by atoms with Gasteiger partial charge in [-0.3, -0.25) is 9.59 Å². The van der Waals surface area contributed by atoms with Crippen molar-refractivity contribution in [1.82, 2.24) is 9.03 Å². The third kappa shape index (κ3) is 7.39. The highest BCUT2D eigenvalue weighted by Crippen LogP contribution is 2.10. The molecule has 0 aromatic carbocycles. The molecule has 1 atom stereocenters. The van der Waals surface area contributed by atoms with Gasteiger partial charge in [0.15, 0.2) is 0 Å². The van der Waals surface area contributed by atoms with E-state index in [1.165, 1.54) is 0 Å². The monoisotopic (exact) mass is 324 g/mol. The highest BCUT2D eigenvalue weighted by atomic mass is 32.2. The quantitative estimate of drug-likeness (QED) is 0.623. The molecule has 0 heterocycles. The molecule has 0 amide bonds. The van der Waals surface area contributed by atoms with Crippen molar-refractivity contribution in [1.29, 1.82) is 0 Å². The van der Waals surface area contributed by atoms with Gasteiger partial charge in [0.2, 0.25) is 0 Å². The maximum atomic E-state index is 12.0. The third-order valence-corrected chi connectivity index (χ3v) is 4.20. The van der Waals surface area contributed by atoms with Crippen molar-refractivity contribution in [2.24, 2.45) is 0 Å². The van der Waals surface area contributed by atoms with Crippen LogP contribution in [-0.2, 0) is 24.5 Å². The second kappa shape index (κ2) is 7.71. The van der Waals surface area contributed by atoms with Crippen LogP contribution >= 0.6 is 0 Å². The summed E-state index contributed by atoms with van der Waals surface area (Å²) in [6.07, 6.45) is -0.576. The fourth-order valence-electron chi connectivity index (χ4n) is 1.55. The van der Waals surface area contributed by atoms with Crippen LogP contribution in [0.1, 0.15) is 41.0 Å². The van der Waals surface area contributed by atoms with Crippen LogP contribution < -0.4 is 4.72 Å². The molecule has 21 heavy (non-hydrogen) atoms. The zero-order valence-corrected chi connectivity index (χ0v) is 13.9. The Labute approximate surface area is 125 Å². The summed E-state index contributed by atoms with van der Waals surface area (Å²) in [6.45, 7) is 8.58. The van der Waals surface area contributed by atoms with Gasteiger partial charge in [-0.1, -0.05) is 13.8 Å². The SMILES string of the molecule is CCN(CC)S(=O)(=O)N[C@@H](CC(=O)OC(C)(C)C)C(=O)O. The van der Waals surface area contributed by atoms with Gasteiger partial charge in [-0.05, 0) is 20.8 Å². The summed E-state index contributed by atoms with van der Waals surface area (Å²) >= 11 is 0. The summed E-state index contributed by atoms with van der Waals surface area (Å²) in [5.74, 6) is -2.21. The number of carboxylic acids is 1. The summed E-state index contributed by atoms with van der Waals surface area (Å²) < 4.78 is 32.0. The fraction of sp³-hybridized carbons (Fsp3) is 0.833. The second-order valence-electron chi connectivity index (χ2n) is 5.39. The van der Waals surface area contributed by atoms with Crippen molar-refractivity contribution < 1.29 is 27.9 Å². The summed E-state index contributed by atoms with van der Waals surface area (Å²) in [7, 11) is -3.96. The number of hydrogen-bond donors (Lipinski definition) is 2. The Morgan fingerprint density at radius 2 is 1.71 bits per heavy atom. The first-order chi connectivity index (χ1) is 9.42. The van der Waals surface area contributed by atoms with Crippen molar-refractivity contribution in [3.05, 3.63) is 0 Å². The lowest BCUT2D eigenvalue weighted by molar-refractivity contribution is -0.158. The molecule has 0 aromatic heterocycles. The zero-order valence-electron chi connectivity index (χ0n) is 13.0. The van der Waals surface area contributed by atoms with Gasteiger partial charge in [-0.15, -0.1) is 0 Å². The molecule has 0 spiro atoms. The van der Waals surface area contributed by atoms with Gasteiger partial charge in [-0.2, -0.15) is 17.4 Å². The number of nitrogens with one attached hydrogen (secondary N) is 1. The van der Waals surface area contributed by atoms with E-state index >= 15 is 0 Å². The zero-order chi connectivity index (χ0) is 16.8. The topological polar surface area (TPSA) is 113 Å². The number of esters is 1. The van der Waals surface area contributed by atoms with Gasteiger partial charge in [0.25, 0.3) is 10.2 Å². The Hall–Kier alpha value is -1.19. The normalized spacial score (nSPS) is 14.0. The lowest BCUT2D eigenvalue weighted by Crippen LogP contribution is -2.49. The molecule has 0 bridgehead atoms. The third-order valence-electron chi connectivity index (χ3n) is 2.43. The van der Waals surface area contributed by atoms with Crippen LogP contribution in [0.15, 0.2) is 0 Å². The first-order valence-corrected chi connectivity index (χ1v) is 8.09. The van der Waals surface area contributed by atoms with E-state index in [-0.39, 0.29) is 13.1 Å². The predicted octanol–water partition coefficient (Wildman–Crippen LogP) is 0.348. The van der Waals surface area contributed by atoms with Gasteiger partial charge in [0, 0.05) is 13.1 Å². The lowest BCUT2D eigenvalue weighted by Gasteiger charge is -2.23. The predicted molar refractivity (Wildman–Crippen MR) is 76.9 cm³/mol. The second-order valence-corrected chi connectivity index (χ2v) is 7.09. The Bertz CT molecular complexity index is 465. The van der Waals surface area contributed by atoms with Crippen LogP contribution in [0.5, 0.6) is 0 Å². The van der Waals surface area contributed by atoms with Crippen LogP contribution in [0.2, 0.25) is 0 Å². The number of carboxylic acid groups (broad SMARTS) is 1. The first-order valence-electron chi connectivity index (χ1n) is 6.65. The highest BCUT2D eigenvalue weighted by molar-refractivity contribution is 7.87. The highest BCUT2D eigenvalue weighted by Gasteiger charge is 2.31. The van der Waals surface area contributed by atoms with Crippen molar-refractivity contribution >= 4 is 22.1 Å². The van der Waals surface area contributed by atoms with Gasteiger partial charge in [0.1, 0.15) is 11.6 Å². The molecule has 0 radical (unpaired) electrons. The maximum absolute atomic E-state index is 12.0. The summed E-state index contributed by atoms with van der Waals surface area (Å²) in [5.41, 5.74) is -0.766. The fourth-order valence-corrected chi connectivity index (χ4v) is 2.92. The maximum Gasteiger partial charge on any atom is 0.322 e. The van der Waals surface area contributed by atoms with E-state index in [2.05, 4.69) is 0 Å². The smallest absolute Gasteiger partial charge is 0.322 e. The van der Waals surface area contributed by atoms with E-state index < -0.39 is 40.2 Å². The van der Waals surface area contributed by atoms with Crippen molar-refractivity contribution in [2.45, 2.75) is 52.7 Å². The summed E-state index contributed by atoms with van der Waals surface area (Å²) in [5, 5.41) is 9.06. The molecule has 9 heteroatoms. The number of hydrogen-bond acceptors (Lipinski definition) is 5. The Morgan fingerprint density at radius 3 is 2.05 bits per heavy atom. The number of carbonyl (C=O) groups excluding carboxylic acids is 1. The largest absolute Gasteiger partial charge is 0.480 e. The number of nitrogens with zero attached hydrogens (tertiary/aromatic N) is 1. The average molecular weight is 324 g/mol. The van der Waals surface area contributed by atoms with Crippen LogP contribution in [0.3, 0.4) is 0 Å². The molecular weight excluding hydrogens is 300 g/mol. The van der Waals surface area contributed by atoms with Crippen molar-refractivity contribution in [3.63, 3.8) is 0 Å². The van der Waals surface area contributed by atoms with Crippen LogP contribution in [0.25, 0.3) is 0 Å². The molecule has 0 aliphatic carbocycles. The van der Waals surface area contributed by atoms with Crippen LogP contribution in [0.4, 0.5) is 0 Å². The molecule has 0 unspecified atom stereocenters. The molecule has 124 valence electrons. The molecule has 0 saturated heterocycles. The van der Waals surface area contributed by atoms with Crippen molar-refractivity contribution in [3.8, 4) is 0 Å². The number of ether oxygens (including phenoxy) is 1. The Balaban J connectivity index is 4.95.